The summed E-state index contributed by atoms with van der Waals surface area (Å²) in [6.07, 6.45) is 16.2. The molecule has 33 heavy (non-hydrogen) atoms. The number of nitrogens with one attached hydrogen (secondary N) is 2. The van der Waals surface area contributed by atoms with E-state index in [1.807, 2.05) is 30.5 Å². The first-order chi connectivity index (χ1) is 16.1. The number of thioether (sulfide) groups is 1. The largest absolute Gasteiger partial charge is 0.394 e. The average molecular weight is 479 g/mol. The molecule has 0 spiro atoms. The standard InChI is InChI=1S/C27H46N2O3S/c1-3-4-5-6-7-8-9-10-11-12-21-17-18-28-24(19-21)27(32)29-25(20-30)26(31)22-13-15-23(33-2)16-14-22/h13-16,21,24-26,28,30-31H,3-12,17-20H2,1-2H3,(H,29,32)/t21-,24+,25+,26-/m1/s1. The van der Waals surface area contributed by atoms with Crippen molar-refractivity contribution in [2.75, 3.05) is 19.4 Å². The minimum absolute atomic E-state index is 0.120. The molecule has 1 aromatic rings. The Balaban J connectivity index is 1.70. The van der Waals surface area contributed by atoms with Crippen molar-refractivity contribution < 1.29 is 15.0 Å². The number of hydrogen-bond acceptors (Lipinski definition) is 5. The van der Waals surface area contributed by atoms with Crippen molar-refractivity contribution in [3.8, 4) is 0 Å². The van der Waals surface area contributed by atoms with Gasteiger partial charge in [0.1, 0.15) is 6.10 Å². The number of unbranched alkanes of at least 4 members (excludes halogenated alkanes) is 8. The first-order valence-corrected chi connectivity index (χ1v) is 14.3. The summed E-state index contributed by atoms with van der Waals surface area (Å²) in [5, 5.41) is 26.7. The van der Waals surface area contributed by atoms with Crippen LogP contribution in [-0.2, 0) is 4.79 Å². The second-order valence-electron chi connectivity index (χ2n) is 9.53. The minimum Gasteiger partial charge on any atom is -0.394 e. The molecule has 0 aliphatic carbocycles. The summed E-state index contributed by atoms with van der Waals surface area (Å²) in [4.78, 5) is 14.0. The third-order valence-electron chi connectivity index (χ3n) is 6.91. The number of rotatable bonds is 16. The van der Waals surface area contributed by atoms with Crippen LogP contribution in [0.3, 0.4) is 0 Å². The summed E-state index contributed by atoms with van der Waals surface area (Å²) < 4.78 is 0. The van der Waals surface area contributed by atoms with E-state index in [9.17, 15) is 15.0 Å². The highest BCUT2D eigenvalue weighted by Gasteiger charge is 2.30. The molecule has 0 aromatic heterocycles. The van der Waals surface area contributed by atoms with Crippen LogP contribution >= 0.6 is 11.8 Å². The number of benzene rings is 1. The molecule has 5 nitrogen and oxygen atoms in total. The molecule has 4 atom stereocenters. The van der Waals surface area contributed by atoms with Crippen LogP contribution in [0.25, 0.3) is 0 Å². The van der Waals surface area contributed by atoms with E-state index in [1.165, 1.54) is 64.2 Å². The van der Waals surface area contributed by atoms with Gasteiger partial charge < -0.3 is 20.8 Å². The molecule has 188 valence electrons. The second-order valence-corrected chi connectivity index (χ2v) is 10.4. The fourth-order valence-electron chi connectivity index (χ4n) is 4.74. The van der Waals surface area contributed by atoms with Crippen molar-refractivity contribution in [1.29, 1.82) is 0 Å². The molecule has 6 heteroatoms. The van der Waals surface area contributed by atoms with Crippen molar-refractivity contribution in [2.45, 2.75) is 107 Å². The lowest BCUT2D eigenvalue weighted by Gasteiger charge is -2.31. The smallest absolute Gasteiger partial charge is 0.237 e. The van der Waals surface area contributed by atoms with Gasteiger partial charge in [0, 0.05) is 4.90 Å². The SMILES string of the molecule is CCCCCCCCCCC[C@@H]1CCN[C@H](C(=O)N[C@@H](CO)[C@H](O)c2ccc(SC)cc2)C1. The first-order valence-electron chi connectivity index (χ1n) is 13.1. The van der Waals surface area contributed by atoms with Crippen LogP contribution in [-0.4, -0.2) is 47.6 Å². The lowest BCUT2D eigenvalue weighted by molar-refractivity contribution is -0.126. The highest BCUT2D eigenvalue weighted by atomic mass is 32.2. The Bertz CT molecular complexity index is 655. The maximum atomic E-state index is 12.9. The normalized spacial score (nSPS) is 20.4. The Hall–Kier alpha value is -1.08. The molecule has 1 aliphatic heterocycles. The van der Waals surface area contributed by atoms with E-state index in [4.69, 9.17) is 0 Å². The molecule has 1 fully saturated rings. The lowest BCUT2D eigenvalue weighted by Crippen LogP contribution is -2.53. The molecule has 0 unspecified atom stereocenters. The Morgan fingerprint density at radius 3 is 2.33 bits per heavy atom. The molecule has 0 saturated carbocycles. The molecule has 1 aromatic carbocycles. The van der Waals surface area contributed by atoms with Gasteiger partial charge in [-0.25, -0.2) is 0 Å². The van der Waals surface area contributed by atoms with Gasteiger partial charge in [0.25, 0.3) is 0 Å². The molecule has 1 heterocycles. The highest BCUT2D eigenvalue weighted by Crippen LogP contribution is 2.25. The Morgan fingerprint density at radius 1 is 1.09 bits per heavy atom. The van der Waals surface area contributed by atoms with E-state index in [0.29, 0.717) is 11.5 Å². The number of aliphatic hydroxyl groups is 2. The molecular weight excluding hydrogens is 432 g/mol. The summed E-state index contributed by atoms with van der Waals surface area (Å²) in [6.45, 7) is 2.81. The maximum absolute atomic E-state index is 12.9. The Kier molecular flexibility index (Phi) is 14.1. The van der Waals surface area contributed by atoms with E-state index in [0.717, 1.165) is 24.3 Å². The quantitative estimate of drug-likeness (QED) is 0.194. The number of carbonyl (C=O) groups is 1. The second kappa shape index (κ2) is 16.5. The van der Waals surface area contributed by atoms with Crippen molar-refractivity contribution >= 4 is 17.7 Å². The van der Waals surface area contributed by atoms with Gasteiger partial charge in [0.15, 0.2) is 0 Å². The predicted molar refractivity (Wildman–Crippen MR) is 139 cm³/mol. The van der Waals surface area contributed by atoms with E-state index in [1.54, 1.807) is 11.8 Å². The third-order valence-corrected chi connectivity index (χ3v) is 7.65. The zero-order valence-corrected chi connectivity index (χ0v) is 21.5. The molecule has 1 saturated heterocycles. The number of hydrogen-bond donors (Lipinski definition) is 4. The average Bonchev–Trinajstić information content (AvgIpc) is 2.86. The maximum Gasteiger partial charge on any atom is 0.237 e. The van der Waals surface area contributed by atoms with Crippen LogP contribution in [0.1, 0.15) is 95.6 Å². The van der Waals surface area contributed by atoms with Crippen LogP contribution in [0.15, 0.2) is 29.2 Å². The Morgan fingerprint density at radius 2 is 1.73 bits per heavy atom. The van der Waals surface area contributed by atoms with Crippen molar-refractivity contribution in [1.82, 2.24) is 10.6 Å². The summed E-state index contributed by atoms with van der Waals surface area (Å²) >= 11 is 1.64. The highest BCUT2D eigenvalue weighted by molar-refractivity contribution is 7.98. The molecule has 1 amide bonds. The fourth-order valence-corrected chi connectivity index (χ4v) is 5.15. The van der Waals surface area contributed by atoms with Crippen LogP contribution in [0, 0.1) is 5.92 Å². The lowest BCUT2D eigenvalue weighted by atomic mass is 9.87. The minimum atomic E-state index is -0.934. The number of piperidine rings is 1. The van der Waals surface area contributed by atoms with Crippen LogP contribution in [0.5, 0.6) is 0 Å². The fraction of sp³-hybridized carbons (Fsp3) is 0.741. The van der Waals surface area contributed by atoms with Gasteiger partial charge >= 0.3 is 0 Å². The van der Waals surface area contributed by atoms with Crippen molar-refractivity contribution in [2.24, 2.45) is 5.92 Å². The molecular formula is C27H46N2O3S. The molecule has 0 radical (unpaired) electrons. The molecule has 2 rings (SSSR count). The van der Waals surface area contributed by atoms with Gasteiger partial charge in [-0.2, -0.15) is 0 Å². The van der Waals surface area contributed by atoms with E-state index >= 15 is 0 Å². The third kappa shape index (κ3) is 10.4. The molecule has 4 N–H and O–H groups in total. The number of amides is 1. The van der Waals surface area contributed by atoms with Crippen LogP contribution < -0.4 is 10.6 Å². The van der Waals surface area contributed by atoms with Crippen molar-refractivity contribution in [3.63, 3.8) is 0 Å². The van der Waals surface area contributed by atoms with Crippen molar-refractivity contribution in [3.05, 3.63) is 29.8 Å². The zero-order valence-electron chi connectivity index (χ0n) is 20.7. The summed E-state index contributed by atoms with van der Waals surface area (Å²) in [6, 6.07) is 6.63. The van der Waals surface area contributed by atoms with Crippen LogP contribution in [0.2, 0.25) is 0 Å². The van der Waals surface area contributed by atoms with E-state index < -0.39 is 12.1 Å². The number of carbonyl (C=O) groups excluding carboxylic acids is 1. The predicted octanol–water partition coefficient (Wildman–Crippen LogP) is 5.21. The molecule has 1 aliphatic rings. The zero-order chi connectivity index (χ0) is 23.9. The molecule has 0 bridgehead atoms. The summed E-state index contributed by atoms with van der Waals surface area (Å²) in [5.74, 6) is 0.453. The monoisotopic (exact) mass is 478 g/mol. The van der Waals surface area contributed by atoms with Gasteiger partial charge in [-0.3, -0.25) is 4.79 Å². The van der Waals surface area contributed by atoms with E-state index in [-0.39, 0.29) is 18.6 Å². The first kappa shape index (κ1) is 28.2. The Labute approximate surface area is 205 Å². The van der Waals surface area contributed by atoms with Gasteiger partial charge in [0.05, 0.1) is 18.7 Å². The topological polar surface area (TPSA) is 81.6 Å². The van der Waals surface area contributed by atoms with E-state index in [2.05, 4.69) is 17.6 Å². The van der Waals surface area contributed by atoms with Gasteiger partial charge in [-0.15, -0.1) is 11.8 Å². The summed E-state index contributed by atoms with van der Waals surface area (Å²) in [5.41, 5.74) is 0.701. The summed E-state index contributed by atoms with van der Waals surface area (Å²) in [7, 11) is 0. The van der Waals surface area contributed by atoms with Crippen LogP contribution in [0.4, 0.5) is 0 Å². The number of aliphatic hydroxyl groups excluding tert-OH is 2. The van der Waals surface area contributed by atoms with Gasteiger partial charge in [0.2, 0.25) is 5.91 Å². The van der Waals surface area contributed by atoms with Gasteiger partial charge in [-0.1, -0.05) is 83.3 Å². The van der Waals surface area contributed by atoms with Gasteiger partial charge in [-0.05, 0) is 49.3 Å².